The van der Waals surface area contributed by atoms with Crippen LogP contribution in [0.1, 0.15) is 95.5 Å². The van der Waals surface area contributed by atoms with E-state index in [-0.39, 0.29) is 18.7 Å². The minimum Gasteiger partial charge on any atom is -0.494 e. The van der Waals surface area contributed by atoms with E-state index in [9.17, 15) is 24.4 Å². The summed E-state index contributed by atoms with van der Waals surface area (Å²) >= 11 is 6.47. The molecule has 5 aliphatic heterocycles. The van der Waals surface area contributed by atoms with Crippen LogP contribution in [-0.2, 0) is 21.6 Å². The third-order valence-electron chi connectivity index (χ3n) is 14.3. The number of imide groups is 2. The van der Waals surface area contributed by atoms with E-state index in [1.54, 1.807) is 12.1 Å². The molecular weight excluding hydrogens is 858 g/mol. The van der Waals surface area contributed by atoms with Gasteiger partial charge in [-0.1, -0.05) is 37.6 Å². The van der Waals surface area contributed by atoms with Gasteiger partial charge in [0, 0.05) is 75.6 Å². The lowest BCUT2D eigenvalue weighted by molar-refractivity contribution is -0.136. The number of likely N-dealkylation sites (tertiary alicyclic amines) is 1. The first kappa shape index (κ1) is 45.1. The van der Waals surface area contributed by atoms with Gasteiger partial charge < -0.3 is 24.2 Å². The summed E-state index contributed by atoms with van der Waals surface area (Å²) in [7, 11) is 1.51. The van der Waals surface area contributed by atoms with E-state index in [4.69, 9.17) is 26.1 Å². The number of nitriles is 1. The molecule has 1 unspecified atom stereocenters. The number of aromatic nitrogens is 2. The number of piperidine rings is 3. The van der Waals surface area contributed by atoms with Crippen molar-refractivity contribution in [2.24, 2.45) is 5.92 Å². The Balaban J connectivity index is 0.699. The summed E-state index contributed by atoms with van der Waals surface area (Å²) < 4.78 is 11.5. The van der Waals surface area contributed by atoms with Gasteiger partial charge in [0.2, 0.25) is 17.8 Å². The van der Waals surface area contributed by atoms with Crippen molar-refractivity contribution in [2.75, 3.05) is 75.8 Å². The molecule has 6 heterocycles. The molecule has 0 saturated carbocycles. The Morgan fingerprint density at radius 2 is 1.55 bits per heavy atom. The van der Waals surface area contributed by atoms with Crippen molar-refractivity contribution < 1.29 is 28.7 Å². The van der Waals surface area contributed by atoms with E-state index in [1.165, 1.54) is 7.11 Å². The molecular formula is C50H56ClN9O6. The van der Waals surface area contributed by atoms with Gasteiger partial charge in [-0.05, 0) is 111 Å². The third-order valence-corrected chi connectivity index (χ3v) is 14.6. The third kappa shape index (κ3) is 9.19. The van der Waals surface area contributed by atoms with Gasteiger partial charge in [-0.15, -0.1) is 0 Å². The normalized spacial score (nSPS) is 20.3. The summed E-state index contributed by atoms with van der Waals surface area (Å²) in [4.78, 5) is 71.1. The van der Waals surface area contributed by atoms with Crippen LogP contribution in [0.2, 0.25) is 5.02 Å². The molecule has 1 N–H and O–H groups in total. The van der Waals surface area contributed by atoms with Crippen LogP contribution in [0.4, 0.5) is 11.6 Å². The number of carbonyl (C=O) groups excluding carboxylic acids is 4. The molecule has 66 heavy (non-hydrogen) atoms. The van der Waals surface area contributed by atoms with Crippen LogP contribution in [0.3, 0.4) is 0 Å². The van der Waals surface area contributed by atoms with Crippen molar-refractivity contribution >= 4 is 46.9 Å². The van der Waals surface area contributed by atoms with Crippen molar-refractivity contribution in [1.29, 1.82) is 5.26 Å². The van der Waals surface area contributed by atoms with Gasteiger partial charge in [-0.3, -0.25) is 34.3 Å². The van der Waals surface area contributed by atoms with Gasteiger partial charge in [0.15, 0.2) is 5.75 Å². The Hall–Kier alpha value is -6.08. The van der Waals surface area contributed by atoms with E-state index in [1.807, 2.05) is 54.7 Å². The Bertz CT molecular complexity index is 2540. The summed E-state index contributed by atoms with van der Waals surface area (Å²) in [5.41, 5.74) is 4.34. The van der Waals surface area contributed by atoms with Crippen LogP contribution in [0.15, 0.2) is 66.9 Å². The van der Waals surface area contributed by atoms with E-state index in [0.717, 1.165) is 124 Å². The van der Waals surface area contributed by atoms with E-state index >= 15 is 0 Å². The van der Waals surface area contributed by atoms with Crippen LogP contribution in [0, 0.1) is 17.2 Å². The molecule has 15 nitrogen and oxygen atoms in total. The molecule has 0 radical (unpaired) electrons. The fourth-order valence-electron chi connectivity index (χ4n) is 10.3. The summed E-state index contributed by atoms with van der Waals surface area (Å²) in [5, 5.41) is 12.3. The number of fused-ring (bicyclic) bond motifs is 1. The molecule has 1 aromatic heterocycles. The first-order valence-corrected chi connectivity index (χ1v) is 23.4. The SMILES string of the molecule is COc1c(Cl)cc(C(C)(C)c2ccc(OCc3ccnc(N4CCN(C5CCN(CC6CCN(c7ccc8c(c7)C(=O)N(C7CCC(=O)NC7=O)C8=O)CC6)CC5)CC4)n3)cc2)cc1C#N. The maximum absolute atomic E-state index is 13.4. The minimum atomic E-state index is -0.963. The number of anilines is 2. The Morgan fingerprint density at radius 3 is 2.24 bits per heavy atom. The maximum atomic E-state index is 13.4. The van der Waals surface area contributed by atoms with Gasteiger partial charge in [-0.2, -0.15) is 5.26 Å². The fraction of sp³-hybridized carbons (Fsp3) is 0.460. The number of rotatable bonds is 12. The Kier molecular flexibility index (Phi) is 13.0. The Labute approximate surface area is 390 Å². The molecule has 0 bridgehead atoms. The predicted octanol–water partition coefficient (Wildman–Crippen LogP) is 5.82. The number of amides is 4. The van der Waals surface area contributed by atoms with Gasteiger partial charge in [0.1, 0.15) is 24.5 Å². The molecule has 9 rings (SSSR count). The molecule has 16 heteroatoms. The van der Waals surface area contributed by atoms with Crippen molar-refractivity contribution in [2.45, 2.75) is 76.5 Å². The number of nitrogens with one attached hydrogen (secondary N) is 1. The molecule has 1 atom stereocenters. The average molecular weight is 915 g/mol. The van der Waals surface area contributed by atoms with Crippen molar-refractivity contribution in [3.8, 4) is 17.6 Å². The quantitative estimate of drug-likeness (QED) is 0.169. The zero-order valence-corrected chi connectivity index (χ0v) is 38.6. The first-order valence-electron chi connectivity index (χ1n) is 23.1. The second-order valence-electron chi connectivity index (χ2n) is 18.6. The van der Waals surface area contributed by atoms with Gasteiger partial charge in [0.05, 0.1) is 34.5 Å². The second kappa shape index (κ2) is 19.0. The van der Waals surface area contributed by atoms with Crippen LogP contribution in [0.25, 0.3) is 0 Å². The molecule has 3 aromatic carbocycles. The number of ether oxygens (including phenoxy) is 2. The smallest absolute Gasteiger partial charge is 0.262 e. The summed E-state index contributed by atoms with van der Waals surface area (Å²) in [6.07, 6.45) is 6.50. The summed E-state index contributed by atoms with van der Waals surface area (Å²) in [6.45, 7) is 13.3. The first-order chi connectivity index (χ1) is 31.9. The van der Waals surface area contributed by atoms with E-state index in [2.05, 4.69) is 49.8 Å². The van der Waals surface area contributed by atoms with Gasteiger partial charge in [0.25, 0.3) is 11.8 Å². The van der Waals surface area contributed by atoms with E-state index in [0.29, 0.717) is 46.0 Å². The molecule has 0 spiro atoms. The lowest BCUT2D eigenvalue weighted by atomic mass is 9.77. The van der Waals surface area contributed by atoms with Crippen LogP contribution >= 0.6 is 11.6 Å². The molecule has 4 saturated heterocycles. The number of halogens is 1. The number of hydrogen-bond acceptors (Lipinski definition) is 13. The minimum absolute atomic E-state index is 0.1000. The van der Waals surface area contributed by atoms with E-state index < -0.39 is 29.2 Å². The lowest BCUT2D eigenvalue weighted by Gasteiger charge is -2.43. The van der Waals surface area contributed by atoms with Crippen molar-refractivity contribution in [1.82, 2.24) is 30.0 Å². The largest absolute Gasteiger partial charge is 0.494 e. The number of carbonyl (C=O) groups is 4. The van der Waals surface area contributed by atoms with Crippen LogP contribution in [-0.4, -0.2) is 126 Å². The fourth-order valence-corrected chi connectivity index (χ4v) is 10.6. The van der Waals surface area contributed by atoms with Gasteiger partial charge in [-0.25, -0.2) is 9.97 Å². The summed E-state index contributed by atoms with van der Waals surface area (Å²) in [6, 6.07) is 20.8. The zero-order chi connectivity index (χ0) is 46.1. The predicted molar refractivity (Wildman–Crippen MR) is 249 cm³/mol. The number of hydrogen-bond donors (Lipinski definition) is 1. The molecule has 5 aliphatic rings. The topological polar surface area (TPSA) is 165 Å². The Morgan fingerprint density at radius 1 is 0.818 bits per heavy atom. The van der Waals surface area contributed by atoms with Crippen molar-refractivity contribution in [3.63, 3.8) is 0 Å². The van der Waals surface area contributed by atoms with Gasteiger partial charge >= 0.3 is 0 Å². The highest BCUT2D eigenvalue weighted by Gasteiger charge is 2.45. The highest BCUT2D eigenvalue weighted by molar-refractivity contribution is 6.32. The number of methoxy groups -OCH3 is 1. The molecule has 344 valence electrons. The highest BCUT2D eigenvalue weighted by atomic mass is 35.5. The molecule has 0 aliphatic carbocycles. The monoisotopic (exact) mass is 913 g/mol. The molecule has 4 aromatic rings. The highest BCUT2D eigenvalue weighted by Crippen LogP contribution is 2.39. The number of benzene rings is 3. The molecule has 4 fully saturated rings. The molecule has 4 amide bonds. The standard InChI is InChI=1S/C50H56ClN9O6/c1-50(2,35-26-33(29-52)45(65-3)42(51)27-35)34-4-7-39(8-5-34)66-31-36-12-17-53-49(54-36)59-24-22-58(23-25-59)37-15-18-56(19-16-37)30-32-13-20-57(21-14-32)38-6-9-40-41(28-38)48(64)60(47(40)63)43-10-11-44(61)55-46(43)62/h4-9,12,17,26-28,32,37,43H,10-11,13-16,18-25,30-31H2,1-3H3,(H,55,61,62). The zero-order valence-electron chi connectivity index (χ0n) is 37.8. The van der Waals surface area contributed by atoms with Crippen LogP contribution < -0.4 is 24.6 Å². The number of piperazine rings is 1. The average Bonchev–Trinajstić information content (AvgIpc) is 3.58. The lowest BCUT2D eigenvalue weighted by Crippen LogP contribution is -2.54. The second-order valence-corrected chi connectivity index (χ2v) is 19.0. The number of nitrogens with zero attached hydrogens (tertiary/aromatic N) is 8. The van der Waals surface area contributed by atoms with Crippen molar-refractivity contribution in [3.05, 3.63) is 105 Å². The summed E-state index contributed by atoms with van der Waals surface area (Å²) in [5.74, 6) is 0.538. The maximum Gasteiger partial charge on any atom is 0.262 e. The van der Waals surface area contributed by atoms with Crippen LogP contribution in [0.5, 0.6) is 11.5 Å².